The summed E-state index contributed by atoms with van der Waals surface area (Å²) in [6, 6.07) is 10.2. The summed E-state index contributed by atoms with van der Waals surface area (Å²) in [7, 11) is 0. The average Bonchev–Trinajstić information content (AvgIpc) is 3.55. The molecule has 226 valence electrons. The summed E-state index contributed by atoms with van der Waals surface area (Å²) < 4.78 is 5.94. The zero-order valence-corrected chi connectivity index (χ0v) is 24.7. The molecule has 9 heteroatoms. The van der Waals surface area contributed by atoms with Gasteiger partial charge in [0.2, 0.25) is 5.91 Å². The van der Waals surface area contributed by atoms with Gasteiger partial charge in [-0.25, -0.2) is 0 Å². The molecule has 1 aromatic heterocycles. The predicted octanol–water partition coefficient (Wildman–Crippen LogP) is 3.57. The van der Waals surface area contributed by atoms with E-state index in [9.17, 15) is 14.4 Å². The van der Waals surface area contributed by atoms with Crippen LogP contribution in [0.5, 0.6) is 0 Å². The number of likely N-dealkylation sites (tertiary alicyclic amines) is 1. The molecule has 2 saturated heterocycles. The second-order valence-electron chi connectivity index (χ2n) is 12.3. The van der Waals surface area contributed by atoms with E-state index in [1.165, 1.54) is 0 Å². The number of carbonyl (C=O) groups is 3. The second-order valence-corrected chi connectivity index (χ2v) is 12.3. The zero-order valence-electron chi connectivity index (χ0n) is 24.7. The van der Waals surface area contributed by atoms with Gasteiger partial charge in [-0.15, -0.1) is 0 Å². The Hall–Kier alpha value is -3.30. The predicted molar refractivity (Wildman–Crippen MR) is 161 cm³/mol. The van der Waals surface area contributed by atoms with Crippen molar-refractivity contribution in [3.63, 3.8) is 0 Å². The van der Waals surface area contributed by atoms with Crippen LogP contribution in [0.15, 0.2) is 48.8 Å². The van der Waals surface area contributed by atoms with Crippen molar-refractivity contribution < 1.29 is 19.1 Å². The molecule has 3 atom stereocenters. The minimum Gasteiger partial charge on any atom is -0.376 e. The number of nitrogens with one attached hydrogen (secondary N) is 1. The number of hydrogen-bond acceptors (Lipinski definition) is 6. The molecule has 1 aromatic carbocycles. The van der Waals surface area contributed by atoms with Crippen molar-refractivity contribution in [1.82, 2.24) is 20.1 Å². The van der Waals surface area contributed by atoms with Gasteiger partial charge in [-0.05, 0) is 101 Å². The van der Waals surface area contributed by atoms with Crippen LogP contribution in [0.1, 0.15) is 77.6 Å². The molecule has 3 fully saturated rings. The molecular weight excluding hydrogens is 530 g/mol. The van der Waals surface area contributed by atoms with E-state index in [0.29, 0.717) is 62.0 Å². The van der Waals surface area contributed by atoms with Crippen LogP contribution in [0, 0.1) is 18.8 Å². The number of carbonyl (C=O) groups excluding carboxylic acids is 3. The third-order valence-corrected chi connectivity index (χ3v) is 9.30. The topological polar surface area (TPSA) is 118 Å². The molecule has 9 nitrogen and oxygen atoms in total. The first-order valence-electron chi connectivity index (χ1n) is 15.6. The number of aryl methyl sites for hydroxylation is 1. The van der Waals surface area contributed by atoms with E-state index in [2.05, 4.69) is 10.3 Å². The van der Waals surface area contributed by atoms with Crippen molar-refractivity contribution in [3.05, 3.63) is 65.5 Å². The smallest absolute Gasteiger partial charge is 0.256 e. The van der Waals surface area contributed by atoms with Gasteiger partial charge in [-0.3, -0.25) is 19.4 Å². The molecule has 2 aromatic rings. The first-order valence-corrected chi connectivity index (χ1v) is 15.6. The summed E-state index contributed by atoms with van der Waals surface area (Å²) in [4.78, 5) is 49.1. The summed E-state index contributed by atoms with van der Waals surface area (Å²) in [5.74, 6) is 0.572. The lowest BCUT2D eigenvalue weighted by atomic mass is 9.82. The summed E-state index contributed by atoms with van der Waals surface area (Å²) >= 11 is 0. The summed E-state index contributed by atoms with van der Waals surface area (Å²) in [5, 5.41) is 3.18. The molecule has 0 radical (unpaired) electrons. The van der Waals surface area contributed by atoms with Crippen molar-refractivity contribution in [3.8, 4) is 0 Å². The number of ether oxygens (including phenoxy) is 1. The first-order chi connectivity index (χ1) is 20.4. The maximum Gasteiger partial charge on any atom is 0.256 e. The monoisotopic (exact) mass is 575 g/mol. The highest BCUT2D eigenvalue weighted by molar-refractivity contribution is 5.98. The average molecular weight is 576 g/mol. The molecule has 3 heterocycles. The molecule has 5 rings (SSSR count). The van der Waals surface area contributed by atoms with E-state index in [4.69, 9.17) is 10.5 Å². The summed E-state index contributed by atoms with van der Waals surface area (Å²) in [6.45, 7) is 4.85. The lowest BCUT2D eigenvalue weighted by Gasteiger charge is -2.43. The molecule has 2 unspecified atom stereocenters. The Morgan fingerprint density at radius 2 is 1.83 bits per heavy atom. The van der Waals surface area contributed by atoms with Crippen molar-refractivity contribution in [2.75, 3.05) is 32.8 Å². The van der Waals surface area contributed by atoms with Gasteiger partial charge in [-0.2, -0.15) is 0 Å². The Kier molecular flexibility index (Phi) is 10.2. The van der Waals surface area contributed by atoms with Crippen LogP contribution in [0.3, 0.4) is 0 Å². The highest BCUT2D eigenvalue weighted by Gasteiger charge is 2.41. The van der Waals surface area contributed by atoms with E-state index in [1.807, 2.05) is 36.1 Å². The molecular formula is C33H45N5O4. The normalized spacial score (nSPS) is 26.0. The molecule has 1 saturated carbocycles. The van der Waals surface area contributed by atoms with Crippen LogP contribution in [0.25, 0.3) is 0 Å². The Balaban J connectivity index is 1.35. The number of nitrogens with zero attached hydrogens (tertiary/aromatic N) is 3. The van der Waals surface area contributed by atoms with Crippen LogP contribution < -0.4 is 11.1 Å². The number of pyridine rings is 1. The largest absolute Gasteiger partial charge is 0.376 e. The van der Waals surface area contributed by atoms with E-state index in [1.54, 1.807) is 29.4 Å². The number of amides is 3. The standard InChI is InChI=1S/C33H45N5O4/c1-23-5-2-6-26(17-23)32(40)38(22-29-8-4-16-42-29)28-13-15-37(33(41)27-7-3-14-35-21-27)30(18-28)31(39)36-20-25-11-9-24(19-34)10-12-25/h2-3,5-7,14,17,21,24-25,28-30H,4,8-13,15-16,18-20,22,34H2,1H3,(H,36,39)/t24?,25?,28?,29?,30-/m1/s1. The third kappa shape index (κ3) is 7.36. The molecule has 42 heavy (non-hydrogen) atoms. The summed E-state index contributed by atoms with van der Waals surface area (Å²) in [5.41, 5.74) is 7.98. The molecule has 0 spiro atoms. The summed E-state index contributed by atoms with van der Waals surface area (Å²) in [6.07, 6.45) is 10.3. The molecule has 1 aliphatic carbocycles. The molecule has 2 aliphatic heterocycles. The van der Waals surface area contributed by atoms with Crippen LogP contribution >= 0.6 is 0 Å². The molecule has 3 amide bonds. The van der Waals surface area contributed by atoms with E-state index in [-0.39, 0.29) is 29.9 Å². The van der Waals surface area contributed by atoms with E-state index in [0.717, 1.165) is 50.6 Å². The fourth-order valence-electron chi connectivity index (χ4n) is 6.76. The second kappa shape index (κ2) is 14.2. The number of piperidine rings is 1. The van der Waals surface area contributed by atoms with Crippen LogP contribution in [-0.2, 0) is 9.53 Å². The van der Waals surface area contributed by atoms with Gasteiger partial charge < -0.3 is 25.6 Å². The van der Waals surface area contributed by atoms with E-state index < -0.39 is 6.04 Å². The lowest BCUT2D eigenvalue weighted by molar-refractivity contribution is -0.127. The molecule has 0 bridgehead atoms. The van der Waals surface area contributed by atoms with Gasteiger partial charge in [0.05, 0.1) is 11.7 Å². The zero-order chi connectivity index (χ0) is 29.5. The molecule has 3 aliphatic rings. The maximum absolute atomic E-state index is 14.0. The Morgan fingerprint density at radius 3 is 2.52 bits per heavy atom. The molecule has 3 N–H and O–H groups in total. The van der Waals surface area contributed by atoms with Gasteiger partial charge >= 0.3 is 0 Å². The van der Waals surface area contributed by atoms with Crippen molar-refractivity contribution in [2.24, 2.45) is 17.6 Å². The Morgan fingerprint density at radius 1 is 1.05 bits per heavy atom. The van der Waals surface area contributed by atoms with Crippen molar-refractivity contribution in [2.45, 2.75) is 76.5 Å². The van der Waals surface area contributed by atoms with Gasteiger partial charge in [0, 0.05) is 50.2 Å². The van der Waals surface area contributed by atoms with Gasteiger partial charge in [0.25, 0.3) is 11.8 Å². The first kappa shape index (κ1) is 30.2. The third-order valence-electron chi connectivity index (χ3n) is 9.30. The van der Waals surface area contributed by atoms with E-state index >= 15 is 0 Å². The van der Waals surface area contributed by atoms with Gasteiger partial charge in [0.1, 0.15) is 6.04 Å². The number of rotatable bonds is 9. The maximum atomic E-state index is 14.0. The number of benzene rings is 1. The van der Waals surface area contributed by atoms with Gasteiger partial charge in [-0.1, -0.05) is 17.7 Å². The van der Waals surface area contributed by atoms with Crippen LogP contribution in [0.2, 0.25) is 0 Å². The number of nitrogens with two attached hydrogens (primary N) is 1. The fraction of sp³-hybridized carbons (Fsp3) is 0.576. The minimum absolute atomic E-state index is 0.0234. The van der Waals surface area contributed by atoms with Crippen LogP contribution in [-0.4, -0.2) is 83.5 Å². The fourth-order valence-corrected chi connectivity index (χ4v) is 6.76. The highest BCUT2D eigenvalue weighted by atomic mass is 16.5. The van der Waals surface area contributed by atoms with Crippen molar-refractivity contribution >= 4 is 17.7 Å². The highest BCUT2D eigenvalue weighted by Crippen LogP contribution is 2.29. The van der Waals surface area contributed by atoms with Crippen molar-refractivity contribution in [1.29, 1.82) is 0 Å². The SMILES string of the molecule is Cc1cccc(C(=O)N(CC2CCCO2)C2CCN(C(=O)c3cccnc3)[C@@H](C(=O)NCC3CCC(CN)CC3)C2)c1. The van der Waals surface area contributed by atoms with Gasteiger partial charge in [0.15, 0.2) is 0 Å². The number of hydrogen-bond donors (Lipinski definition) is 2. The van der Waals surface area contributed by atoms with Crippen LogP contribution in [0.4, 0.5) is 0 Å². The Labute approximate surface area is 249 Å². The quantitative estimate of drug-likeness (QED) is 0.472. The minimum atomic E-state index is -0.686. The number of aromatic nitrogens is 1. The lowest BCUT2D eigenvalue weighted by Crippen LogP contribution is -2.59. The Bertz CT molecular complexity index is 1210.